The minimum absolute atomic E-state index is 0.0783. The number of hydrogen-bond acceptors (Lipinski definition) is 13. The average Bonchev–Trinajstić information content (AvgIpc) is 3.95. The summed E-state index contributed by atoms with van der Waals surface area (Å²) in [5.74, 6) is 3.28. The van der Waals surface area contributed by atoms with Gasteiger partial charge in [0.05, 0.1) is 20.8 Å². The van der Waals surface area contributed by atoms with Crippen LogP contribution in [-0.4, -0.2) is 88.3 Å². The number of methoxy groups -OCH3 is 2. The van der Waals surface area contributed by atoms with E-state index in [0.29, 0.717) is 23.2 Å². The fraction of sp³-hybridized carbons (Fsp3) is 0.273. The monoisotopic (exact) mass is 796 g/mol. The molecular formula is C44H48N10O5. The molecule has 59 heavy (non-hydrogen) atoms. The van der Waals surface area contributed by atoms with Gasteiger partial charge in [0.1, 0.15) is 41.1 Å². The molecule has 0 atom stereocenters. The summed E-state index contributed by atoms with van der Waals surface area (Å²) in [6.07, 6.45) is 9.18. The second-order valence-electron chi connectivity index (χ2n) is 13.9. The Morgan fingerprint density at radius 3 is 1.58 bits per heavy atom. The molecule has 0 radical (unpaired) electrons. The number of amides is 1. The molecule has 0 saturated heterocycles. The highest BCUT2D eigenvalue weighted by molar-refractivity contribution is 5.94. The number of carboxylic acids is 1. The summed E-state index contributed by atoms with van der Waals surface area (Å²) in [5, 5.41) is 11.9. The number of aromatic nitrogens is 6. The van der Waals surface area contributed by atoms with Gasteiger partial charge < -0.3 is 35.4 Å². The summed E-state index contributed by atoms with van der Waals surface area (Å²) in [4.78, 5) is 54.3. The number of likely N-dealkylation sites (N-methyl/N-ethyl adjacent to an activating group) is 2. The molecule has 15 nitrogen and oxygen atoms in total. The Kier molecular flexibility index (Phi) is 13.9. The van der Waals surface area contributed by atoms with E-state index >= 15 is 0 Å². The van der Waals surface area contributed by atoms with Crippen LogP contribution in [0, 0.1) is 0 Å². The second kappa shape index (κ2) is 19.8. The zero-order valence-corrected chi connectivity index (χ0v) is 33.6. The zero-order valence-electron chi connectivity index (χ0n) is 33.6. The Bertz CT molecular complexity index is 2330. The molecule has 0 unspecified atom stereocenters. The lowest BCUT2D eigenvalue weighted by molar-refractivity contribution is -0.135. The summed E-state index contributed by atoms with van der Waals surface area (Å²) < 4.78 is 10.1. The number of benzene rings is 2. The highest BCUT2D eigenvalue weighted by Gasteiger charge is 2.25. The quantitative estimate of drug-likeness (QED) is 0.130. The van der Waals surface area contributed by atoms with Crippen molar-refractivity contribution < 1.29 is 24.2 Å². The van der Waals surface area contributed by atoms with Gasteiger partial charge in [0.15, 0.2) is 11.6 Å². The maximum Gasteiger partial charge on any atom is 0.323 e. The van der Waals surface area contributed by atoms with E-state index in [1.165, 1.54) is 0 Å². The van der Waals surface area contributed by atoms with Gasteiger partial charge in [-0.15, -0.1) is 0 Å². The molecule has 8 rings (SSSR count). The van der Waals surface area contributed by atoms with Crippen molar-refractivity contribution in [1.82, 2.24) is 29.9 Å². The van der Waals surface area contributed by atoms with Crippen LogP contribution in [0.15, 0.2) is 97.3 Å². The fourth-order valence-electron chi connectivity index (χ4n) is 6.72. The number of nitrogens with zero attached hydrogens (tertiary/aromatic N) is 8. The Balaban J connectivity index is 0.000000169. The van der Waals surface area contributed by atoms with E-state index in [1.54, 1.807) is 50.7 Å². The van der Waals surface area contributed by atoms with Crippen LogP contribution in [0.4, 0.5) is 23.0 Å². The van der Waals surface area contributed by atoms with E-state index in [0.717, 1.165) is 95.4 Å². The Morgan fingerprint density at radius 2 is 1.14 bits per heavy atom. The van der Waals surface area contributed by atoms with Gasteiger partial charge in [-0.05, 0) is 111 Å². The fourth-order valence-corrected chi connectivity index (χ4v) is 6.72. The van der Waals surface area contributed by atoms with Crippen molar-refractivity contribution in [2.75, 3.05) is 62.3 Å². The third kappa shape index (κ3) is 11.0. The maximum atomic E-state index is 12.6. The average molecular weight is 797 g/mol. The predicted molar refractivity (Wildman–Crippen MR) is 228 cm³/mol. The van der Waals surface area contributed by atoms with Crippen molar-refractivity contribution in [2.45, 2.75) is 38.5 Å². The number of carbonyl (C=O) groups is 2. The number of anilines is 4. The Morgan fingerprint density at radius 1 is 0.661 bits per heavy atom. The lowest BCUT2D eigenvalue weighted by Crippen LogP contribution is -2.31. The van der Waals surface area contributed by atoms with Gasteiger partial charge in [0.2, 0.25) is 5.91 Å². The van der Waals surface area contributed by atoms with Gasteiger partial charge in [-0.2, -0.15) is 0 Å². The molecule has 4 aromatic heterocycles. The second-order valence-corrected chi connectivity index (χ2v) is 13.9. The first-order chi connectivity index (χ1) is 28.6. The lowest BCUT2D eigenvalue weighted by Gasteiger charge is -2.21. The topological polar surface area (TPSA) is 195 Å². The molecule has 0 bridgehead atoms. The van der Waals surface area contributed by atoms with Crippen molar-refractivity contribution >= 4 is 34.9 Å². The van der Waals surface area contributed by atoms with Crippen molar-refractivity contribution in [1.29, 1.82) is 0 Å². The molecule has 2 aliphatic carbocycles. The zero-order chi connectivity index (χ0) is 41.7. The number of nitrogens with one attached hydrogen (secondary N) is 1. The maximum absolute atomic E-state index is 12.6. The number of pyridine rings is 2. The predicted octanol–water partition coefficient (Wildman–Crippen LogP) is 5.94. The van der Waals surface area contributed by atoms with E-state index in [-0.39, 0.29) is 19.0 Å². The van der Waals surface area contributed by atoms with Gasteiger partial charge in [0, 0.05) is 60.4 Å². The van der Waals surface area contributed by atoms with Gasteiger partial charge in [-0.3, -0.25) is 19.6 Å². The molecule has 2 aromatic carbocycles. The van der Waals surface area contributed by atoms with E-state index < -0.39 is 5.97 Å². The minimum Gasteiger partial charge on any atom is -0.497 e. The van der Waals surface area contributed by atoms with Crippen LogP contribution >= 0.6 is 0 Å². The molecule has 2 aliphatic rings. The van der Waals surface area contributed by atoms with Crippen LogP contribution in [-0.2, 0) is 35.3 Å². The summed E-state index contributed by atoms with van der Waals surface area (Å²) >= 11 is 0. The first-order valence-corrected chi connectivity index (χ1v) is 19.2. The smallest absolute Gasteiger partial charge is 0.323 e. The van der Waals surface area contributed by atoms with Crippen LogP contribution in [0.1, 0.15) is 35.4 Å². The van der Waals surface area contributed by atoms with Crippen molar-refractivity contribution in [2.24, 2.45) is 0 Å². The van der Waals surface area contributed by atoms with Crippen LogP contribution in [0.2, 0.25) is 0 Å². The first kappa shape index (κ1) is 41.5. The number of carbonyl (C=O) groups excluding carboxylic acids is 1. The van der Waals surface area contributed by atoms with Crippen LogP contribution in [0.5, 0.6) is 11.5 Å². The SMILES string of the molecule is CN(CC(=O)O)c1nc(-c2ccccn2)nc2c1CCC2.COc1ccc(N)cc1.COc1ccc(NC(=O)CN(C)c2nc(-c3ccccn3)nc3c2CCC3)cc1. The number of rotatable bonds is 11. The molecule has 1 amide bonds. The number of ether oxygens (including phenoxy) is 2. The molecule has 15 heteroatoms. The van der Waals surface area contributed by atoms with Gasteiger partial charge in [-0.25, -0.2) is 19.9 Å². The molecule has 0 fully saturated rings. The number of fused-ring (bicyclic) bond motifs is 2. The molecule has 6 aromatic rings. The number of hydrogen-bond donors (Lipinski definition) is 3. The molecular weight excluding hydrogens is 749 g/mol. The summed E-state index contributed by atoms with van der Waals surface area (Å²) in [6, 6.07) is 25.8. The number of carboxylic acid groups (broad SMARTS) is 1. The van der Waals surface area contributed by atoms with Gasteiger partial charge in [0.25, 0.3) is 0 Å². The van der Waals surface area contributed by atoms with E-state index in [9.17, 15) is 9.59 Å². The van der Waals surface area contributed by atoms with Crippen molar-refractivity contribution in [3.63, 3.8) is 0 Å². The number of nitrogens with two attached hydrogens (primary N) is 1. The minimum atomic E-state index is -0.873. The molecule has 0 aliphatic heterocycles. The van der Waals surface area contributed by atoms with Gasteiger partial charge in [-0.1, -0.05) is 12.1 Å². The first-order valence-electron chi connectivity index (χ1n) is 19.2. The van der Waals surface area contributed by atoms with Crippen LogP contribution in [0.25, 0.3) is 23.0 Å². The van der Waals surface area contributed by atoms with E-state index in [4.69, 9.17) is 30.3 Å². The van der Waals surface area contributed by atoms with Gasteiger partial charge >= 0.3 is 5.97 Å². The molecule has 4 heterocycles. The highest BCUT2D eigenvalue weighted by atomic mass is 16.5. The van der Waals surface area contributed by atoms with Crippen LogP contribution < -0.4 is 30.3 Å². The largest absolute Gasteiger partial charge is 0.497 e. The third-order valence-electron chi connectivity index (χ3n) is 9.58. The van der Waals surface area contributed by atoms with Crippen LogP contribution in [0.3, 0.4) is 0 Å². The third-order valence-corrected chi connectivity index (χ3v) is 9.58. The molecule has 4 N–H and O–H groups in total. The standard InChI is InChI=1S/C22H23N5O2.C15H16N4O2.C7H9NO/c1-27(14-20(28)24-15-9-11-16(29-2)12-10-15)22-17-6-5-8-18(17)25-21(26-22)19-7-3-4-13-23-19;1-19(9-13(20)21)15-10-5-4-7-11(10)17-14(18-15)12-6-2-3-8-16-12;1-9-7-4-2-6(8)3-5-7/h3-4,7,9-13H,5-6,8,14H2,1-2H3,(H,24,28);2-3,6,8H,4-5,7,9H2,1H3,(H,20,21);2-5H,8H2,1H3. The van der Waals surface area contributed by atoms with E-state index in [2.05, 4.69) is 25.3 Å². The molecule has 304 valence electrons. The molecule has 0 saturated carbocycles. The number of aryl methyl sites for hydroxylation is 2. The summed E-state index contributed by atoms with van der Waals surface area (Å²) in [6.45, 7) is 0.113. The number of aliphatic carboxylic acids is 1. The summed E-state index contributed by atoms with van der Waals surface area (Å²) in [5.41, 5.74) is 12.6. The Labute approximate surface area is 343 Å². The normalized spacial score (nSPS) is 12.1. The van der Waals surface area contributed by atoms with E-state index in [1.807, 2.05) is 84.7 Å². The van der Waals surface area contributed by atoms with Crippen molar-refractivity contribution in [3.05, 3.63) is 120 Å². The lowest BCUT2D eigenvalue weighted by atomic mass is 10.2. The number of nitrogen functional groups attached to an aromatic ring is 1. The highest BCUT2D eigenvalue weighted by Crippen LogP contribution is 2.32. The van der Waals surface area contributed by atoms with Crippen molar-refractivity contribution in [3.8, 4) is 34.5 Å². The summed E-state index contributed by atoms with van der Waals surface area (Å²) in [7, 11) is 6.88. The molecule has 0 spiro atoms. The Hall–Kier alpha value is -7.16.